The molecule has 0 atom stereocenters. The molecular weight excluding hydrogens is 388 g/mol. The van der Waals surface area contributed by atoms with Gasteiger partial charge in [-0.25, -0.2) is 9.78 Å². The van der Waals surface area contributed by atoms with E-state index in [-0.39, 0.29) is 12.5 Å². The molecule has 0 aliphatic carbocycles. The normalized spacial score (nSPS) is 11.1. The zero-order chi connectivity index (χ0) is 21.6. The van der Waals surface area contributed by atoms with Gasteiger partial charge >= 0.3 is 5.97 Å². The Morgan fingerprint density at radius 3 is 2.48 bits per heavy atom. The van der Waals surface area contributed by atoms with Crippen molar-refractivity contribution in [2.75, 3.05) is 18.1 Å². The van der Waals surface area contributed by atoms with E-state index in [0.717, 1.165) is 27.4 Å². The van der Waals surface area contributed by atoms with Crippen molar-refractivity contribution in [2.24, 2.45) is 0 Å². The van der Waals surface area contributed by atoms with E-state index in [4.69, 9.17) is 4.74 Å². The molecule has 0 saturated carbocycles. The number of aromatic nitrogens is 1. The van der Waals surface area contributed by atoms with Crippen molar-refractivity contribution in [2.45, 2.75) is 6.92 Å². The third kappa shape index (κ3) is 4.61. The molecule has 3 aromatic carbocycles. The van der Waals surface area contributed by atoms with Crippen molar-refractivity contribution < 1.29 is 14.3 Å². The largest absolute Gasteiger partial charge is 0.452 e. The van der Waals surface area contributed by atoms with E-state index >= 15 is 0 Å². The summed E-state index contributed by atoms with van der Waals surface area (Å²) in [6.07, 6.45) is 2.88. The predicted octanol–water partition coefficient (Wildman–Crippen LogP) is 5.00. The molecule has 0 saturated heterocycles. The average Bonchev–Trinajstić information content (AvgIpc) is 2.82. The van der Waals surface area contributed by atoms with Gasteiger partial charge in [0.25, 0.3) is 5.91 Å². The molecular formula is C26H22N2O3. The first-order valence-electron chi connectivity index (χ1n) is 10.1. The third-order valence-corrected chi connectivity index (χ3v) is 5.02. The highest BCUT2D eigenvalue weighted by Crippen LogP contribution is 2.26. The first-order chi connectivity index (χ1) is 15.2. The number of hydrogen-bond acceptors (Lipinski definition) is 4. The van der Waals surface area contributed by atoms with E-state index in [9.17, 15) is 9.59 Å². The average molecular weight is 410 g/mol. The molecule has 4 rings (SSSR count). The van der Waals surface area contributed by atoms with Gasteiger partial charge in [0.15, 0.2) is 6.61 Å². The number of esters is 1. The molecule has 0 aliphatic heterocycles. The molecule has 154 valence electrons. The molecule has 5 heteroatoms. The van der Waals surface area contributed by atoms with Gasteiger partial charge < -0.3 is 9.64 Å². The van der Waals surface area contributed by atoms with Crippen molar-refractivity contribution in [1.82, 2.24) is 4.98 Å². The van der Waals surface area contributed by atoms with Crippen LogP contribution in [0, 0.1) is 0 Å². The second kappa shape index (κ2) is 9.22. The molecule has 0 radical (unpaired) electrons. The molecule has 1 aromatic heterocycles. The lowest BCUT2D eigenvalue weighted by molar-refractivity contribution is -0.142. The van der Waals surface area contributed by atoms with Crippen LogP contribution < -0.4 is 4.90 Å². The number of anilines is 1. The van der Waals surface area contributed by atoms with E-state index in [1.165, 1.54) is 6.08 Å². The van der Waals surface area contributed by atoms with Crippen molar-refractivity contribution in [1.29, 1.82) is 0 Å². The summed E-state index contributed by atoms with van der Waals surface area (Å²) in [5, 5.41) is 3.06. The van der Waals surface area contributed by atoms with Crippen molar-refractivity contribution in [3.63, 3.8) is 0 Å². The van der Waals surface area contributed by atoms with E-state index in [1.54, 1.807) is 11.0 Å². The van der Waals surface area contributed by atoms with Gasteiger partial charge in [0.05, 0.1) is 16.9 Å². The minimum absolute atomic E-state index is 0.274. The number of carbonyl (C=O) groups excluding carboxylic acids is 2. The Morgan fingerprint density at radius 1 is 0.903 bits per heavy atom. The van der Waals surface area contributed by atoms with Crippen LogP contribution in [0.1, 0.15) is 12.6 Å². The summed E-state index contributed by atoms with van der Waals surface area (Å²) in [6.45, 7) is 2.04. The summed E-state index contributed by atoms with van der Waals surface area (Å²) in [6, 6.07) is 25.2. The number of amides is 1. The second-order valence-corrected chi connectivity index (χ2v) is 7.01. The Morgan fingerprint density at radius 2 is 1.65 bits per heavy atom. The number of hydrogen-bond donors (Lipinski definition) is 0. The van der Waals surface area contributed by atoms with E-state index < -0.39 is 5.97 Å². The molecule has 0 spiro atoms. The summed E-state index contributed by atoms with van der Waals surface area (Å²) in [5.74, 6) is -0.860. The zero-order valence-electron chi connectivity index (χ0n) is 17.2. The Bertz CT molecular complexity index is 1270. The number of likely N-dealkylation sites (N-methyl/N-ethyl adjacent to an activating group) is 1. The minimum Gasteiger partial charge on any atom is -0.452 e. The number of nitrogens with zero attached hydrogens (tertiary/aromatic N) is 2. The number of fused-ring (bicyclic) bond motifs is 2. The Labute approximate surface area is 180 Å². The van der Waals surface area contributed by atoms with Crippen molar-refractivity contribution in [3.05, 3.63) is 90.6 Å². The van der Waals surface area contributed by atoms with Gasteiger partial charge in [-0.15, -0.1) is 0 Å². The van der Waals surface area contributed by atoms with Gasteiger partial charge in [0.2, 0.25) is 0 Å². The van der Waals surface area contributed by atoms with Gasteiger partial charge in [-0.1, -0.05) is 60.7 Å². The maximum Gasteiger partial charge on any atom is 0.331 e. The van der Waals surface area contributed by atoms with Gasteiger partial charge in [-0.3, -0.25) is 4.79 Å². The fourth-order valence-electron chi connectivity index (χ4n) is 3.51. The highest BCUT2D eigenvalue weighted by atomic mass is 16.5. The first kappa shape index (κ1) is 20.3. The fourth-order valence-corrected chi connectivity index (χ4v) is 3.51. The first-order valence-corrected chi connectivity index (χ1v) is 10.1. The van der Waals surface area contributed by atoms with Gasteiger partial charge in [0.1, 0.15) is 0 Å². The van der Waals surface area contributed by atoms with E-state index in [0.29, 0.717) is 12.2 Å². The van der Waals surface area contributed by atoms with Crippen LogP contribution in [0.3, 0.4) is 0 Å². The molecule has 31 heavy (non-hydrogen) atoms. The summed E-state index contributed by atoms with van der Waals surface area (Å²) in [4.78, 5) is 31.0. The van der Waals surface area contributed by atoms with Crippen LogP contribution in [0.5, 0.6) is 0 Å². The number of benzene rings is 3. The molecule has 4 aromatic rings. The molecule has 1 heterocycles. The van der Waals surface area contributed by atoms with Crippen LogP contribution in [-0.2, 0) is 14.3 Å². The van der Waals surface area contributed by atoms with Gasteiger partial charge in [0, 0.05) is 23.4 Å². The maximum atomic E-state index is 12.8. The number of rotatable bonds is 6. The summed E-state index contributed by atoms with van der Waals surface area (Å²) < 4.78 is 5.18. The van der Waals surface area contributed by atoms with Crippen LogP contribution >= 0.6 is 0 Å². The highest BCUT2D eigenvalue weighted by Gasteiger charge is 2.17. The van der Waals surface area contributed by atoms with E-state index in [1.807, 2.05) is 85.8 Å². The predicted molar refractivity (Wildman–Crippen MR) is 124 cm³/mol. The smallest absolute Gasteiger partial charge is 0.331 e. The summed E-state index contributed by atoms with van der Waals surface area (Å²) in [5.41, 5.74) is 2.30. The van der Waals surface area contributed by atoms with Crippen LogP contribution in [-0.4, -0.2) is 30.0 Å². The lowest BCUT2D eigenvalue weighted by Crippen LogP contribution is -2.34. The van der Waals surface area contributed by atoms with Crippen LogP contribution in [0.25, 0.3) is 27.8 Å². The molecule has 0 unspecified atom stereocenters. The highest BCUT2D eigenvalue weighted by molar-refractivity contribution is 6.04. The minimum atomic E-state index is -0.586. The number of ether oxygens (including phenoxy) is 1. The number of carbonyl (C=O) groups is 2. The van der Waals surface area contributed by atoms with E-state index in [2.05, 4.69) is 4.98 Å². The number of para-hydroxylation sites is 1. The second-order valence-electron chi connectivity index (χ2n) is 7.01. The molecule has 0 aliphatic rings. The molecule has 0 N–H and O–H groups in total. The fraction of sp³-hybridized carbons (Fsp3) is 0.115. The molecule has 0 bridgehead atoms. The van der Waals surface area contributed by atoms with Crippen LogP contribution in [0.4, 0.5) is 5.69 Å². The molecule has 5 nitrogen and oxygen atoms in total. The lowest BCUT2D eigenvalue weighted by Gasteiger charge is -2.22. The number of pyridine rings is 1. The topological polar surface area (TPSA) is 59.5 Å². The molecule has 0 fully saturated rings. The van der Waals surface area contributed by atoms with Crippen molar-refractivity contribution >= 4 is 45.3 Å². The third-order valence-electron chi connectivity index (χ3n) is 5.02. The van der Waals surface area contributed by atoms with Crippen LogP contribution in [0.2, 0.25) is 0 Å². The van der Waals surface area contributed by atoms with Gasteiger partial charge in [-0.2, -0.15) is 0 Å². The monoisotopic (exact) mass is 410 g/mol. The van der Waals surface area contributed by atoms with Crippen LogP contribution in [0.15, 0.2) is 84.9 Å². The Kier molecular flexibility index (Phi) is 6.03. The van der Waals surface area contributed by atoms with Crippen molar-refractivity contribution in [3.8, 4) is 0 Å². The summed E-state index contributed by atoms with van der Waals surface area (Å²) in [7, 11) is 0. The molecule has 1 amide bonds. The zero-order valence-corrected chi connectivity index (χ0v) is 17.2. The summed E-state index contributed by atoms with van der Waals surface area (Å²) >= 11 is 0. The standard InChI is InChI=1S/C26H22N2O3/c1-2-28(24-13-7-10-19-8-3-5-11-22(19)24)25(29)18-31-26(30)17-16-21-15-14-20-9-4-6-12-23(20)27-21/h3-17H,2,18H2,1H3/b17-16+. The quantitative estimate of drug-likeness (QED) is 0.332. The maximum absolute atomic E-state index is 12.8. The lowest BCUT2D eigenvalue weighted by atomic mass is 10.1. The Balaban J connectivity index is 1.41. The SMILES string of the molecule is CCN(C(=O)COC(=O)/C=C/c1ccc2ccccc2n1)c1cccc2ccccc12. The Hall–Kier alpha value is -3.99. The van der Waals surface area contributed by atoms with Gasteiger partial charge in [-0.05, 0) is 36.6 Å².